The van der Waals surface area contributed by atoms with Crippen LogP contribution in [0.2, 0.25) is 0 Å². The summed E-state index contributed by atoms with van der Waals surface area (Å²) in [6.45, 7) is 19.1. The standard InChI is InChI=1S/C26H32N.2C13H15N5O4.Co/c1-7-18-19-13-9-10-14-20(19)25(3,4)22(18)17-24-26(5,6)21-15-11-12-16-23(21)27(24)8-2;2*1-3-4-9-12(13(20)17(2)16-9)15-14-10-7-8(18(21)22)5-6-11(10)19;/h9-18H,7-8H2,1-6H3;2*5-7,19-20H,3-4H2,1-2H3;/q+1;;;/b22-17+;;;. The number of azo groups is 2. The largest absolute Gasteiger partial charge is 0.506 e. The Kier molecular flexibility index (Phi) is 17.8. The van der Waals surface area contributed by atoms with Gasteiger partial charge < -0.3 is 20.4 Å². The van der Waals surface area contributed by atoms with E-state index in [4.69, 9.17) is 0 Å². The average molecular weight is 1030 g/mol. The third kappa shape index (κ3) is 11.3. The summed E-state index contributed by atoms with van der Waals surface area (Å²) in [7, 11) is 3.14. The van der Waals surface area contributed by atoms with Crippen molar-refractivity contribution in [1.82, 2.24) is 19.6 Å². The molecule has 4 N–H and O–H groups in total. The quantitative estimate of drug-likeness (QED) is 0.0368. The van der Waals surface area contributed by atoms with Crippen molar-refractivity contribution in [3.8, 4) is 23.3 Å². The summed E-state index contributed by atoms with van der Waals surface area (Å²) in [5, 5.41) is 84.3. The van der Waals surface area contributed by atoms with Crippen LogP contribution in [0.15, 0.2) is 117 Å². The van der Waals surface area contributed by atoms with E-state index >= 15 is 0 Å². The number of aryl methyl sites for hydroxylation is 4. The SMILES string of the molecule is CCC1/C(=C\C2=[N+](CC)c3ccccc3C2(C)C)C(C)(C)c2ccccc21.CCCc1nn(C)c(O)c1N=Nc1cc([N+](=O)[O-])ccc1O.CCCc1nn(C)c(O)c1N=Nc1cc([N+](=O)[O-])ccc1O.[Co]. The zero-order valence-electron chi connectivity index (χ0n) is 42.2. The van der Waals surface area contributed by atoms with Crippen LogP contribution in [-0.4, -0.2) is 66.7 Å². The molecule has 1 atom stereocenters. The van der Waals surface area contributed by atoms with Crippen molar-refractivity contribution in [2.45, 2.75) is 104 Å². The topological polar surface area (TPSA) is 255 Å². The number of para-hydroxylation sites is 1. The third-order valence-electron chi connectivity index (χ3n) is 12.9. The molecule has 72 heavy (non-hydrogen) atoms. The van der Waals surface area contributed by atoms with Crippen molar-refractivity contribution < 1.29 is 51.6 Å². The van der Waals surface area contributed by atoms with Crippen LogP contribution in [0.5, 0.6) is 23.3 Å². The zero-order valence-corrected chi connectivity index (χ0v) is 43.2. The minimum Gasteiger partial charge on any atom is -0.506 e. The van der Waals surface area contributed by atoms with E-state index in [0.29, 0.717) is 30.1 Å². The van der Waals surface area contributed by atoms with Crippen molar-refractivity contribution >= 4 is 45.5 Å². The van der Waals surface area contributed by atoms with Crippen LogP contribution in [-0.2, 0) is 54.5 Å². The van der Waals surface area contributed by atoms with Crippen LogP contribution >= 0.6 is 0 Å². The van der Waals surface area contributed by atoms with Crippen LogP contribution in [0.4, 0.5) is 39.8 Å². The Bertz CT molecular complexity index is 2970. The second kappa shape index (κ2) is 23.1. The number of nitrogens with zero attached hydrogens (tertiary/aromatic N) is 11. The molecule has 8 rings (SSSR count). The zero-order chi connectivity index (χ0) is 51.9. The molecule has 2 aliphatic rings. The first-order valence-corrected chi connectivity index (χ1v) is 23.5. The molecule has 20 heteroatoms. The van der Waals surface area contributed by atoms with Crippen LogP contribution < -0.4 is 0 Å². The van der Waals surface area contributed by atoms with E-state index in [1.54, 1.807) is 19.7 Å². The summed E-state index contributed by atoms with van der Waals surface area (Å²) < 4.78 is 5.06. The summed E-state index contributed by atoms with van der Waals surface area (Å²) in [4.78, 5) is 20.3. The van der Waals surface area contributed by atoms with E-state index in [-0.39, 0.29) is 85.0 Å². The van der Waals surface area contributed by atoms with Crippen molar-refractivity contribution in [3.63, 3.8) is 0 Å². The number of phenols is 2. The van der Waals surface area contributed by atoms with Gasteiger partial charge in [-0.15, -0.1) is 20.5 Å². The normalized spacial score (nSPS) is 15.7. The molecule has 0 saturated heterocycles. The van der Waals surface area contributed by atoms with Crippen molar-refractivity contribution in [3.05, 3.63) is 145 Å². The Labute approximate surface area is 428 Å². The summed E-state index contributed by atoms with van der Waals surface area (Å²) in [6, 6.07) is 24.8. The van der Waals surface area contributed by atoms with Crippen LogP contribution in [0.25, 0.3) is 0 Å². The molecule has 3 heterocycles. The molecule has 0 spiro atoms. The number of allylic oxidation sites excluding steroid dienone is 2. The van der Waals surface area contributed by atoms with Gasteiger partial charge in [0.05, 0.1) is 26.6 Å². The molecule has 1 radical (unpaired) electrons. The number of non-ortho nitro benzene ring substituents is 2. The smallest absolute Gasteiger partial charge is 0.271 e. The number of phenolic OH excluding ortho intramolecular Hbond substituents is 2. The molecule has 0 saturated carbocycles. The Hall–Kier alpha value is -7.58. The van der Waals surface area contributed by atoms with E-state index in [2.05, 4.69) is 131 Å². The van der Waals surface area contributed by atoms with E-state index in [1.165, 1.54) is 61.7 Å². The Morgan fingerprint density at radius 2 is 1.12 bits per heavy atom. The minimum atomic E-state index is -0.595. The molecule has 1 aliphatic heterocycles. The Morgan fingerprint density at radius 3 is 1.57 bits per heavy atom. The molecule has 1 unspecified atom stereocenters. The molecule has 0 fully saturated rings. The molecular formula is C52H62CoN11O8+. The maximum atomic E-state index is 10.7. The molecular weight excluding hydrogens is 966 g/mol. The molecule has 2 aromatic heterocycles. The fraction of sp³-hybridized carbons (Fsp3) is 0.365. The van der Waals surface area contributed by atoms with Gasteiger partial charge in [-0.25, -0.2) is 9.36 Å². The summed E-state index contributed by atoms with van der Waals surface area (Å²) >= 11 is 0. The summed E-state index contributed by atoms with van der Waals surface area (Å²) in [5.41, 5.74) is 9.94. The summed E-state index contributed by atoms with van der Waals surface area (Å²) in [5.74, 6) is -0.277. The maximum Gasteiger partial charge on any atom is 0.271 e. The number of benzene rings is 4. The molecule has 4 aromatic carbocycles. The van der Waals surface area contributed by atoms with Gasteiger partial charge in [-0.1, -0.05) is 89.9 Å². The maximum absolute atomic E-state index is 10.7. The number of nitro benzene ring substituents is 2. The number of aromatic hydroxyl groups is 4. The molecule has 0 amide bonds. The van der Waals surface area contributed by atoms with Crippen molar-refractivity contribution in [2.24, 2.45) is 34.6 Å². The Balaban J connectivity index is 0.000000201. The van der Waals surface area contributed by atoms with Gasteiger partial charge in [-0.05, 0) is 68.9 Å². The third-order valence-corrected chi connectivity index (χ3v) is 12.9. The van der Waals surface area contributed by atoms with Gasteiger partial charge in [0.1, 0.15) is 29.4 Å². The second-order valence-corrected chi connectivity index (χ2v) is 18.3. The van der Waals surface area contributed by atoms with Crippen LogP contribution in [0.3, 0.4) is 0 Å². The molecule has 6 aromatic rings. The first-order chi connectivity index (χ1) is 33.7. The number of nitro groups is 2. The van der Waals surface area contributed by atoms with E-state index in [1.807, 2.05) is 13.8 Å². The molecule has 381 valence electrons. The van der Waals surface area contributed by atoms with Crippen molar-refractivity contribution in [1.29, 1.82) is 0 Å². The monoisotopic (exact) mass is 1030 g/mol. The van der Waals surface area contributed by atoms with E-state index in [9.17, 15) is 40.7 Å². The average Bonchev–Trinajstić information content (AvgIpc) is 3.93. The number of aromatic nitrogens is 4. The Morgan fingerprint density at radius 1 is 0.667 bits per heavy atom. The fourth-order valence-electron chi connectivity index (χ4n) is 9.19. The first-order valence-electron chi connectivity index (χ1n) is 23.5. The number of hydrogen-bond donors (Lipinski definition) is 4. The van der Waals surface area contributed by atoms with Gasteiger partial charge in [-0.2, -0.15) is 14.8 Å². The number of rotatable bonds is 13. The molecule has 1 aliphatic carbocycles. The molecule has 0 bridgehead atoms. The number of fused-ring (bicyclic) bond motifs is 2. The van der Waals surface area contributed by atoms with Crippen molar-refractivity contribution in [2.75, 3.05) is 6.54 Å². The molecule has 19 nitrogen and oxygen atoms in total. The second-order valence-electron chi connectivity index (χ2n) is 18.3. The van der Waals surface area contributed by atoms with Crippen LogP contribution in [0, 0.1) is 20.2 Å². The van der Waals surface area contributed by atoms with Crippen LogP contribution in [0.1, 0.15) is 109 Å². The summed E-state index contributed by atoms with van der Waals surface area (Å²) in [6.07, 6.45) is 6.52. The van der Waals surface area contributed by atoms with Gasteiger partial charge in [0.25, 0.3) is 11.4 Å². The number of hydrogen-bond acceptors (Lipinski definition) is 14. The fourth-order valence-corrected chi connectivity index (χ4v) is 9.19. The van der Waals surface area contributed by atoms with Gasteiger partial charge >= 0.3 is 0 Å². The first kappa shape index (κ1) is 55.3. The van der Waals surface area contributed by atoms with E-state index in [0.717, 1.165) is 37.9 Å². The predicted octanol–water partition coefficient (Wildman–Crippen LogP) is 12.7. The van der Waals surface area contributed by atoms with Gasteiger partial charge in [0.15, 0.2) is 17.1 Å². The van der Waals surface area contributed by atoms with E-state index < -0.39 is 9.85 Å². The van der Waals surface area contributed by atoms with Gasteiger partial charge in [0.2, 0.25) is 17.4 Å². The predicted molar refractivity (Wildman–Crippen MR) is 271 cm³/mol. The van der Waals surface area contributed by atoms with Gasteiger partial charge in [-0.3, -0.25) is 20.2 Å². The van der Waals surface area contributed by atoms with Gasteiger partial charge in [0, 0.05) is 84.2 Å². The minimum absolute atomic E-state index is 0.